The fourth-order valence-electron chi connectivity index (χ4n) is 6.71. The Bertz CT molecular complexity index is 1450. The summed E-state index contributed by atoms with van der Waals surface area (Å²) in [4.78, 5) is 25.1. The lowest BCUT2D eigenvalue weighted by atomic mass is 9.91. The van der Waals surface area contributed by atoms with Gasteiger partial charge in [0.2, 0.25) is 11.8 Å². The van der Waals surface area contributed by atoms with Gasteiger partial charge in [-0.1, -0.05) is 139 Å². The fourth-order valence-corrected chi connectivity index (χ4v) is 7.78. The van der Waals surface area contributed by atoms with Crippen molar-refractivity contribution in [1.29, 1.82) is 0 Å². The minimum Gasteiger partial charge on any atom is -0.392 e. The van der Waals surface area contributed by atoms with E-state index in [1.807, 2.05) is 72.8 Å². The molecule has 4 atom stereocenters. The van der Waals surface area contributed by atoms with Gasteiger partial charge in [-0.3, -0.25) is 9.59 Å². The van der Waals surface area contributed by atoms with Crippen molar-refractivity contribution in [1.82, 2.24) is 5.32 Å². The highest BCUT2D eigenvalue weighted by Gasteiger charge is 2.38. The van der Waals surface area contributed by atoms with Crippen LogP contribution in [0.4, 0.5) is 5.69 Å². The normalized spacial score (nSPS) is 18.6. The number of rotatable bonds is 23. The van der Waals surface area contributed by atoms with Crippen LogP contribution in [0.15, 0.2) is 77.7 Å². The minimum atomic E-state index is -0.550. The molecular formula is C44H62N2O5S. The summed E-state index contributed by atoms with van der Waals surface area (Å²) >= 11 is 1.72. The van der Waals surface area contributed by atoms with Crippen molar-refractivity contribution in [2.24, 2.45) is 5.92 Å². The molecule has 1 saturated heterocycles. The molecule has 1 aliphatic heterocycles. The third kappa shape index (κ3) is 14.7. The highest BCUT2D eigenvalue weighted by atomic mass is 32.2. The predicted molar refractivity (Wildman–Crippen MR) is 213 cm³/mol. The number of carbonyl (C=O) groups excluding carboxylic acids is 2. The summed E-state index contributed by atoms with van der Waals surface area (Å²) < 4.78 is 13.2. The maximum Gasteiger partial charge on any atom is 0.221 e. The van der Waals surface area contributed by atoms with Crippen LogP contribution >= 0.6 is 11.8 Å². The molecule has 1 heterocycles. The number of hydrogen-bond acceptors (Lipinski definition) is 6. The highest BCUT2D eigenvalue weighted by molar-refractivity contribution is 7.99. The number of nitrogens with one attached hydrogen (secondary N) is 2. The van der Waals surface area contributed by atoms with Crippen molar-refractivity contribution >= 4 is 29.3 Å². The van der Waals surface area contributed by atoms with Crippen molar-refractivity contribution in [3.05, 3.63) is 95.1 Å². The third-order valence-electron chi connectivity index (χ3n) is 9.96. The van der Waals surface area contributed by atoms with Crippen LogP contribution in [-0.4, -0.2) is 28.8 Å². The Morgan fingerprint density at radius 2 is 1.27 bits per heavy atom. The van der Waals surface area contributed by atoms with E-state index in [9.17, 15) is 14.7 Å². The Kier molecular flexibility index (Phi) is 18.8. The molecular weight excluding hydrogens is 669 g/mol. The molecule has 7 nitrogen and oxygen atoms in total. The Morgan fingerprint density at radius 1 is 0.712 bits per heavy atom. The summed E-state index contributed by atoms with van der Waals surface area (Å²) in [7, 11) is 0. The molecule has 1 fully saturated rings. The van der Waals surface area contributed by atoms with E-state index in [1.165, 1.54) is 77.6 Å². The number of benzene rings is 3. The van der Waals surface area contributed by atoms with Gasteiger partial charge in [0.15, 0.2) is 6.29 Å². The molecule has 3 aromatic carbocycles. The maximum atomic E-state index is 12.5. The molecule has 52 heavy (non-hydrogen) atoms. The fraction of sp³-hybridized carbons (Fsp3) is 0.545. The summed E-state index contributed by atoms with van der Waals surface area (Å²) in [5.41, 5.74) is 4.66. The van der Waals surface area contributed by atoms with Crippen LogP contribution in [0.3, 0.4) is 0 Å². The van der Waals surface area contributed by atoms with E-state index in [0.29, 0.717) is 13.0 Å². The van der Waals surface area contributed by atoms with Gasteiger partial charge in [0, 0.05) is 47.7 Å². The number of aliphatic hydroxyl groups is 1. The van der Waals surface area contributed by atoms with Gasteiger partial charge < -0.3 is 25.2 Å². The smallest absolute Gasteiger partial charge is 0.221 e. The van der Waals surface area contributed by atoms with Crippen molar-refractivity contribution in [3.8, 4) is 0 Å². The zero-order valence-corrected chi connectivity index (χ0v) is 32.6. The van der Waals surface area contributed by atoms with Gasteiger partial charge in [-0.25, -0.2) is 0 Å². The lowest BCUT2D eigenvalue weighted by Crippen LogP contribution is -2.38. The molecule has 8 heteroatoms. The Labute approximate surface area is 317 Å². The van der Waals surface area contributed by atoms with Crippen LogP contribution in [0.1, 0.15) is 145 Å². The molecule has 0 saturated carbocycles. The first-order chi connectivity index (χ1) is 25.4. The lowest BCUT2D eigenvalue weighted by molar-refractivity contribution is -0.268. The van der Waals surface area contributed by atoms with Gasteiger partial charge in [-0.05, 0) is 47.4 Å². The summed E-state index contributed by atoms with van der Waals surface area (Å²) in [5, 5.41) is 15.5. The van der Waals surface area contributed by atoms with E-state index in [-0.39, 0.29) is 36.5 Å². The van der Waals surface area contributed by atoms with Crippen LogP contribution < -0.4 is 10.6 Å². The van der Waals surface area contributed by atoms with Gasteiger partial charge in [-0.15, -0.1) is 11.8 Å². The molecule has 4 rings (SSSR count). The van der Waals surface area contributed by atoms with Crippen molar-refractivity contribution in [3.63, 3.8) is 0 Å². The molecule has 0 aromatic heterocycles. The van der Waals surface area contributed by atoms with Crippen LogP contribution in [0.2, 0.25) is 0 Å². The molecule has 0 radical (unpaired) electrons. The molecule has 0 aliphatic carbocycles. The summed E-state index contributed by atoms with van der Waals surface area (Å²) in [6.45, 7) is 6.44. The summed E-state index contributed by atoms with van der Waals surface area (Å²) in [5.74, 6) is 0.828. The van der Waals surface area contributed by atoms with E-state index >= 15 is 0 Å². The van der Waals surface area contributed by atoms with Crippen molar-refractivity contribution in [2.75, 3.05) is 11.1 Å². The summed E-state index contributed by atoms with van der Waals surface area (Å²) in [6, 6.07) is 23.9. The second kappa shape index (κ2) is 23.5. The number of anilines is 1. The van der Waals surface area contributed by atoms with Gasteiger partial charge in [-0.2, -0.15) is 0 Å². The Balaban J connectivity index is 1.23. The highest BCUT2D eigenvalue weighted by Crippen LogP contribution is 2.43. The quantitative estimate of drug-likeness (QED) is 0.0664. The van der Waals surface area contributed by atoms with E-state index in [0.717, 1.165) is 51.4 Å². The van der Waals surface area contributed by atoms with Gasteiger partial charge in [0.05, 0.1) is 18.8 Å². The maximum absolute atomic E-state index is 12.5. The molecule has 284 valence electrons. The van der Waals surface area contributed by atoms with Crippen LogP contribution in [-0.2, 0) is 32.2 Å². The third-order valence-corrected chi connectivity index (χ3v) is 11.1. The average molecular weight is 731 g/mol. The van der Waals surface area contributed by atoms with Gasteiger partial charge in [0.25, 0.3) is 0 Å². The van der Waals surface area contributed by atoms with Crippen LogP contribution in [0, 0.1) is 5.92 Å². The molecule has 3 aromatic rings. The number of ether oxygens (including phenoxy) is 2. The Morgan fingerprint density at radius 3 is 1.85 bits per heavy atom. The molecule has 4 unspecified atom stereocenters. The van der Waals surface area contributed by atoms with Gasteiger partial charge in [0.1, 0.15) is 0 Å². The van der Waals surface area contributed by atoms with Crippen molar-refractivity contribution in [2.45, 2.75) is 147 Å². The number of thioether (sulfide) groups is 1. The number of carbonyl (C=O) groups is 2. The first kappa shape index (κ1) is 41.6. The lowest BCUT2D eigenvalue weighted by Gasteiger charge is -2.41. The van der Waals surface area contributed by atoms with Crippen molar-refractivity contribution < 1.29 is 24.2 Å². The number of unbranched alkanes of at least 4 members (excludes halogenated alkanes) is 12. The number of hydrogen-bond donors (Lipinski definition) is 3. The number of amides is 2. The van der Waals surface area contributed by atoms with Gasteiger partial charge >= 0.3 is 0 Å². The monoisotopic (exact) mass is 730 g/mol. The van der Waals surface area contributed by atoms with Crippen LogP contribution in [0.5, 0.6) is 0 Å². The van der Waals surface area contributed by atoms with E-state index in [2.05, 4.69) is 24.5 Å². The zero-order valence-electron chi connectivity index (χ0n) is 31.7. The zero-order chi connectivity index (χ0) is 37.0. The molecule has 0 spiro atoms. The van der Waals surface area contributed by atoms with Crippen LogP contribution in [0.25, 0.3) is 0 Å². The summed E-state index contributed by atoms with van der Waals surface area (Å²) in [6.07, 6.45) is 16.6. The standard InChI is InChI=1S/C44H62N2O5S/c1-4-5-6-7-8-9-10-11-12-13-14-15-16-17-42(49)45-30-35-18-24-38(25-19-35)44-50-41(32-52-40-28-26-39(27-29-40)46-34(3)48)33(2)43(51-44)37-22-20-36(31-47)21-23-37/h18-29,33,41,43-44,47H,4-17,30-32H2,1-3H3,(H,45,49)(H,46,48). The van der Waals surface area contributed by atoms with E-state index in [4.69, 9.17) is 9.47 Å². The van der Waals surface area contributed by atoms with E-state index < -0.39 is 6.29 Å². The topological polar surface area (TPSA) is 96.9 Å². The first-order valence-electron chi connectivity index (χ1n) is 19.7. The second-order valence-corrected chi connectivity index (χ2v) is 15.4. The largest absolute Gasteiger partial charge is 0.392 e. The minimum absolute atomic E-state index is 0.000667. The molecule has 1 aliphatic rings. The number of aliphatic hydroxyl groups excluding tert-OH is 1. The first-order valence-corrected chi connectivity index (χ1v) is 20.7. The molecule has 2 amide bonds. The molecule has 0 bridgehead atoms. The average Bonchev–Trinajstić information content (AvgIpc) is 3.16. The SMILES string of the molecule is CCCCCCCCCCCCCCCC(=O)NCc1ccc(C2OC(CSc3ccc(NC(C)=O)cc3)C(C)C(c3ccc(CO)cc3)O2)cc1. The second-order valence-electron chi connectivity index (χ2n) is 14.3. The Hall–Kier alpha value is -3.17. The molecule has 3 N–H and O–H groups in total. The van der Waals surface area contributed by atoms with E-state index in [1.54, 1.807) is 11.8 Å². The predicted octanol–water partition coefficient (Wildman–Crippen LogP) is 10.8.